The van der Waals surface area contributed by atoms with E-state index in [1.165, 1.54) is 17.4 Å². The van der Waals surface area contributed by atoms with Crippen LogP contribution in [0, 0.1) is 0 Å². The second-order valence-electron chi connectivity index (χ2n) is 2.03. The summed E-state index contributed by atoms with van der Waals surface area (Å²) in [6, 6.07) is 1.67. The molecule has 4 heteroatoms. The number of Topliss-reactive ketones (excluding diaryl/α,β-unsaturated/α-hetero) is 1. The molecule has 0 aromatic carbocycles. The van der Waals surface area contributed by atoms with Crippen molar-refractivity contribution in [2.24, 2.45) is 0 Å². The summed E-state index contributed by atoms with van der Waals surface area (Å²) in [4.78, 5) is 14.1. The van der Waals surface area contributed by atoms with Crippen LogP contribution in [0.4, 0.5) is 0 Å². The van der Waals surface area contributed by atoms with E-state index < -0.39 is 0 Å². The van der Waals surface area contributed by atoms with Crippen LogP contribution < -0.4 is 0 Å². The fraction of sp³-hybridized carbons (Fsp3) is 0. The molecule has 0 radical (unpaired) electrons. The standard InChI is InChI=1S/C8H6N2OS/c1-2-7(10-9)8(11)6-3-4-12-5-6/h2-5H,1H2. The lowest BCUT2D eigenvalue weighted by Crippen LogP contribution is -2.11. The lowest BCUT2D eigenvalue weighted by atomic mass is 10.1. The summed E-state index contributed by atoms with van der Waals surface area (Å²) in [7, 11) is 0. The molecule has 0 N–H and O–H groups in total. The minimum atomic E-state index is -0.311. The highest BCUT2D eigenvalue weighted by atomic mass is 32.1. The monoisotopic (exact) mass is 178 g/mol. The van der Waals surface area contributed by atoms with Crippen molar-refractivity contribution in [3.63, 3.8) is 0 Å². The summed E-state index contributed by atoms with van der Waals surface area (Å²) in [6.45, 7) is 3.35. The number of ketones is 1. The van der Waals surface area contributed by atoms with Crippen LogP contribution >= 0.6 is 11.3 Å². The highest BCUT2D eigenvalue weighted by molar-refractivity contribution is 7.08. The minimum Gasteiger partial charge on any atom is -0.361 e. The van der Waals surface area contributed by atoms with Crippen LogP contribution in [0.3, 0.4) is 0 Å². The Bertz CT molecular complexity index is 347. The average molecular weight is 178 g/mol. The Labute approximate surface area is 73.6 Å². The van der Waals surface area contributed by atoms with Gasteiger partial charge in [-0.2, -0.15) is 16.1 Å². The molecule has 1 heterocycles. The van der Waals surface area contributed by atoms with Gasteiger partial charge in [0, 0.05) is 17.0 Å². The van der Waals surface area contributed by atoms with E-state index in [0.717, 1.165) is 0 Å². The first-order valence-electron chi connectivity index (χ1n) is 3.21. The van der Waals surface area contributed by atoms with Crippen molar-refractivity contribution in [2.75, 3.05) is 0 Å². The number of carbonyl (C=O) groups is 1. The number of hydrogen-bond donors (Lipinski definition) is 0. The molecule has 3 nitrogen and oxygen atoms in total. The minimum absolute atomic E-state index is 0.0339. The topological polar surface area (TPSA) is 53.5 Å². The maximum absolute atomic E-state index is 11.3. The predicted molar refractivity (Wildman–Crippen MR) is 47.5 cm³/mol. The zero-order valence-electron chi connectivity index (χ0n) is 6.23. The van der Waals surface area contributed by atoms with E-state index in [2.05, 4.69) is 11.4 Å². The normalized spacial score (nSPS) is 8.67. The molecule has 0 aliphatic carbocycles. The molecular weight excluding hydrogens is 172 g/mol. The molecule has 1 rings (SSSR count). The quantitative estimate of drug-likeness (QED) is 0.301. The zero-order valence-corrected chi connectivity index (χ0v) is 7.04. The summed E-state index contributed by atoms with van der Waals surface area (Å²) in [5.41, 5.74) is 8.88. The van der Waals surface area contributed by atoms with Crippen molar-refractivity contribution >= 4 is 22.8 Å². The van der Waals surface area contributed by atoms with Crippen molar-refractivity contribution in [3.8, 4) is 0 Å². The van der Waals surface area contributed by atoms with Crippen molar-refractivity contribution in [2.45, 2.75) is 0 Å². The molecule has 1 aromatic rings. The average Bonchev–Trinajstić information content (AvgIpc) is 2.58. The van der Waals surface area contributed by atoms with Gasteiger partial charge in [-0.05, 0) is 11.4 Å². The Kier molecular flexibility index (Phi) is 2.69. The van der Waals surface area contributed by atoms with Crippen molar-refractivity contribution < 1.29 is 9.58 Å². The van der Waals surface area contributed by atoms with Gasteiger partial charge in [0.05, 0.1) is 0 Å². The Morgan fingerprint density at radius 3 is 2.92 bits per heavy atom. The van der Waals surface area contributed by atoms with Crippen LogP contribution in [0.1, 0.15) is 10.4 Å². The first kappa shape index (κ1) is 8.59. The second-order valence-corrected chi connectivity index (χ2v) is 2.81. The van der Waals surface area contributed by atoms with Gasteiger partial charge < -0.3 is 5.53 Å². The zero-order chi connectivity index (χ0) is 8.97. The molecule has 0 fully saturated rings. The van der Waals surface area contributed by atoms with Crippen molar-refractivity contribution in [3.05, 3.63) is 40.6 Å². The molecular formula is C8H6N2OS. The van der Waals surface area contributed by atoms with E-state index in [9.17, 15) is 4.79 Å². The first-order valence-corrected chi connectivity index (χ1v) is 4.15. The second kappa shape index (κ2) is 3.76. The molecule has 0 aliphatic heterocycles. The highest BCUT2D eigenvalue weighted by Crippen LogP contribution is 2.07. The number of thiophene rings is 1. The smallest absolute Gasteiger partial charge is 0.361 e. The Hall–Kier alpha value is -1.51. The van der Waals surface area contributed by atoms with Gasteiger partial charge in [-0.1, -0.05) is 6.58 Å². The summed E-state index contributed by atoms with van der Waals surface area (Å²) < 4.78 is 0. The molecule has 0 saturated carbocycles. The summed E-state index contributed by atoms with van der Waals surface area (Å²) >= 11 is 1.41. The van der Waals surface area contributed by atoms with Crippen LogP contribution in [0.2, 0.25) is 0 Å². The maximum atomic E-state index is 11.3. The van der Waals surface area contributed by atoms with Gasteiger partial charge in [0.2, 0.25) is 0 Å². The maximum Gasteiger partial charge on any atom is 0.362 e. The molecule has 0 amide bonds. The fourth-order valence-electron chi connectivity index (χ4n) is 0.720. The van der Waals surface area contributed by atoms with Crippen LogP contribution in [-0.4, -0.2) is 16.3 Å². The molecule has 1 aromatic heterocycles. The van der Waals surface area contributed by atoms with E-state index in [0.29, 0.717) is 5.56 Å². The fourth-order valence-corrected chi connectivity index (χ4v) is 1.36. The van der Waals surface area contributed by atoms with Gasteiger partial charge in [0.15, 0.2) is 0 Å². The molecule has 0 bridgehead atoms. The van der Waals surface area contributed by atoms with Crippen LogP contribution in [0.25, 0.3) is 5.53 Å². The van der Waals surface area contributed by atoms with Crippen molar-refractivity contribution in [1.82, 2.24) is 0 Å². The van der Waals surface area contributed by atoms with Gasteiger partial charge in [0.1, 0.15) is 0 Å². The molecule has 0 saturated heterocycles. The molecule has 0 aliphatic rings. The molecule has 0 unspecified atom stereocenters. The van der Waals surface area contributed by atoms with Gasteiger partial charge in [-0.25, -0.2) is 0 Å². The third-order valence-electron chi connectivity index (χ3n) is 1.32. The van der Waals surface area contributed by atoms with Gasteiger partial charge in [-0.15, -0.1) is 0 Å². The Balaban J connectivity index is 3.00. The van der Waals surface area contributed by atoms with Gasteiger partial charge >= 0.3 is 5.71 Å². The third-order valence-corrected chi connectivity index (χ3v) is 2.00. The number of allylic oxidation sites excluding steroid dienone is 1. The molecule has 0 spiro atoms. The van der Waals surface area contributed by atoms with E-state index in [1.807, 2.05) is 0 Å². The van der Waals surface area contributed by atoms with E-state index in [4.69, 9.17) is 5.53 Å². The lowest BCUT2D eigenvalue weighted by Gasteiger charge is -1.84. The SMILES string of the molecule is C=CC(=[N+]=[N-])C(=O)c1ccsc1. The Morgan fingerprint density at radius 2 is 2.50 bits per heavy atom. The Morgan fingerprint density at radius 1 is 1.75 bits per heavy atom. The summed E-state index contributed by atoms with van der Waals surface area (Å²) in [5, 5.41) is 3.47. The molecule has 12 heavy (non-hydrogen) atoms. The van der Waals surface area contributed by atoms with E-state index in [1.54, 1.807) is 16.8 Å². The number of hydrogen-bond acceptors (Lipinski definition) is 2. The molecule has 60 valence electrons. The highest BCUT2D eigenvalue weighted by Gasteiger charge is 2.17. The van der Waals surface area contributed by atoms with E-state index in [-0.39, 0.29) is 11.5 Å². The third kappa shape index (κ3) is 1.56. The van der Waals surface area contributed by atoms with Crippen LogP contribution in [0.5, 0.6) is 0 Å². The van der Waals surface area contributed by atoms with Crippen LogP contribution in [-0.2, 0) is 0 Å². The van der Waals surface area contributed by atoms with E-state index >= 15 is 0 Å². The van der Waals surface area contributed by atoms with Crippen molar-refractivity contribution in [1.29, 1.82) is 0 Å². The predicted octanol–water partition coefficient (Wildman–Crippen LogP) is 1.79. The van der Waals surface area contributed by atoms with Crippen LogP contribution in [0.15, 0.2) is 29.5 Å². The number of rotatable bonds is 3. The lowest BCUT2D eigenvalue weighted by molar-refractivity contribution is -0.00430. The van der Waals surface area contributed by atoms with Gasteiger partial charge in [0.25, 0.3) is 5.78 Å². The molecule has 0 atom stereocenters. The first-order chi connectivity index (χ1) is 5.79. The summed E-state index contributed by atoms with van der Waals surface area (Å²) in [6.07, 6.45) is 1.22. The largest absolute Gasteiger partial charge is 0.362 e. The number of nitrogens with zero attached hydrogens (tertiary/aromatic N) is 2. The number of carbonyl (C=O) groups excluding carboxylic acids is 1. The van der Waals surface area contributed by atoms with Gasteiger partial charge in [-0.3, -0.25) is 4.79 Å². The summed E-state index contributed by atoms with van der Waals surface area (Å²) in [5.74, 6) is -0.311.